The molecule has 3 atom stereocenters. The molecule has 214 valence electrons. The van der Waals surface area contributed by atoms with E-state index in [1.165, 1.54) is 57.8 Å². The Hall–Kier alpha value is -3.70. The first-order valence-corrected chi connectivity index (χ1v) is 14.1. The lowest BCUT2D eigenvalue weighted by Gasteiger charge is -2.27. The van der Waals surface area contributed by atoms with Gasteiger partial charge in [0.25, 0.3) is 0 Å². The number of amides is 3. The van der Waals surface area contributed by atoms with Gasteiger partial charge in [0, 0.05) is 25.2 Å². The van der Waals surface area contributed by atoms with Crippen molar-refractivity contribution in [1.29, 1.82) is 0 Å². The van der Waals surface area contributed by atoms with Crippen molar-refractivity contribution in [2.24, 2.45) is 0 Å². The second kappa shape index (κ2) is 10.7. The Labute approximate surface area is 229 Å². The molecular weight excluding hydrogens is 544 g/mol. The van der Waals surface area contributed by atoms with Crippen LogP contribution in [0.1, 0.15) is 39.3 Å². The summed E-state index contributed by atoms with van der Waals surface area (Å²) in [5.74, 6) is -1.72. The van der Waals surface area contributed by atoms with Gasteiger partial charge in [-0.25, -0.2) is 32.9 Å². The standard InChI is InChI=1S/C24H30N8O7S/c1-24(2,35)39-17-10-16(21(33)25-3)38-22(17)32-12-28-18-19(26-11-27-20(18)32)30-23(34)29-13-6-8-15(9-7-13)40(36,37)31-14-4-5-14/h6-9,11-12,14,16-17,22,31,35H,4-5,10H2,1-3H3,(H,25,33)(H2,26,27,29,30,34)/t16-,17?,22+/m0/s1. The van der Waals surface area contributed by atoms with E-state index in [0.29, 0.717) is 11.3 Å². The van der Waals surface area contributed by atoms with Gasteiger partial charge in [-0.2, -0.15) is 0 Å². The number of hydrogen-bond donors (Lipinski definition) is 5. The first-order valence-electron chi connectivity index (χ1n) is 12.6. The van der Waals surface area contributed by atoms with Crippen LogP contribution in [0, 0.1) is 0 Å². The van der Waals surface area contributed by atoms with Crippen molar-refractivity contribution in [2.75, 3.05) is 17.7 Å². The fourth-order valence-corrected chi connectivity index (χ4v) is 5.60. The van der Waals surface area contributed by atoms with Crippen molar-refractivity contribution < 1.29 is 32.6 Å². The molecule has 5 N–H and O–H groups in total. The van der Waals surface area contributed by atoms with Crippen molar-refractivity contribution in [3.05, 3.63) is 36.9 Å². The van der Waals surface area contributed by atoms with Crippen molar-refractivity contribution in [1.82, 2.24) is 29.6 Å². The normalized spacial score (nSPS) is 21.4. The van der Waals surface area contributed by atoms with Crippen LogP contribution >= 0.6 is 0 Å². The number of ether oxygens (including phenoxy) is 2. The van der Waals surface area contributed by atoms with Gasteiger partial charge < -0.3 is 25.2 Å². The smallest absolute Gasteiger partial charge is 0.324 e. The van der Waals surface area contributed by atoms with Crippen LogP contribution in [0.5, 0.6) is 0 Å². The zero-order valence-electron chi connectivity index (χ0n) is 22.0. The molecule has 3 heterocycles. The van der Waals surface area contributed by atoms with Crippen LogP contribution in [0.4, 0.5) is 16.3 Å². The molecule has 3 amide bonds. The molecule has 2 aliphatic rings. The molecule has 3 aromatic rings. The predicted molar refractivity (Wildman–Crippen MR) is 142 cm³/mol. The lowest BCUT2D eigenvalue weighted by molar-refractivity contribution is -0.222. The molecule has 1 aromatic carbocycles. The average molecular weight is 575 g/mol. The van der Waals surface area contributed by atoms with E-state index in [1.807, 2.05) is 0 Å². The van der Waals surface area contributed by atoms with Crippen molar-refractivity contribution in [2.45, 2.75) is 68.3 Å². The van der Waals surface area contributed by atoms with E-state index in [4.69, 9.17) is 9.47 Å². The summed E-state index contributed by atoms with van der Waals surface area (Å²) in [6.07, 6.45) is 2.12. The highest BCUT2D eigenvalue weighted by molar-refractivity contribution is 7.89. The van der Waals surface area contributed by atoms with E-state index < -0.39 is 40.3 Å². The third-order valence-electron chi connectivity index (χ3n) is 6.23. The van der Waals surface area contributed by atoms with Crippen LogP contribution < -0.4 is 20.7 Å². The molecule has 1 saturated carbocycles. The predicted octanol–water partition coefficient (Wildman–Crippen LogP) is 1.06. The molecule has 40 heavy (non-hydrogen) atoms. The van der Waals surface area contributed by atoms with Gasteiger partial charge in [0.2, 0.25) is 15.9 Å². The minimum Gasteiger partial charge on any atom is -0.366 e. The summed E-state index contributed by atoms with van der Waals surface area (Å²) in [6.45, 7) is 2.95. The number of aliphatic hydroxyl groups is 1. The monoisotopic (exact) mass is 574 g/mol. The van der Waals surface area contributed by atoms with Crippen LogP contribution in [0.15, 0.2) is 41.8 Å². The summed E-state index contributed by atoms with van der Waals surface area (Å²) in [7, 11) is -2.11. The lowest BCUT2D eigenvalue weighted by Crippen LogP contribution is -2.34. The zero-order chi connectivity index (χ0) is 28.7. The minimum atomic E-state index is -3.61. The van der Waals surface area contributed by atoms with Crippen molar-refractivity contribution in [3.8, 4) is 0 Å². The molecule has 0 spiro atoms. The molecule has 15 nitrogen and oxygen atoms in total. The molecule has 16 heteroatoms. The molecule has 2 aromatic heterocycles. The molecular formula is C24H30N8O7S. The number of benzene rings is 1. The largest absolute Gasteiger partial charge is 0.366 e. The number of rotatable bonds is 9. The lowest BCUT2D eigenvalue weighted by atomic mass is 10.1. The average Bonchev–Trinajstić information content (AvgIpc) is 3.43. The summed E-state index contributed by atoms with van der Waals surface area (Å²) in [5, 5.41) is 18.0. The highest BCUT2D eigenvalue weighted by Gasteiger charge is 2.43. The number of urea groups is 1. The number of nitrogens with one attached hydrogen (secondary N) is 4. The molecule has 2 fully saturated rings. The van der Waals surface area contributed by atoms with E-state index in [2.05, 4.69) is 35.6 Å². The van der Waals surface area contributed by atoms with E-state index >= 15 is 0 Å². The van der Waals surface area contributed by atoms with Crippen LogP contribution in [-0.2, 0) is 24.3 Å². The number of hydrogen-bond acceptors (Lipinski definition) is 10. The number of aromatic nitrogens is 4. The third kappa shape index (κ3) is 6.20. The molecule has 0 radical (unpaired) electrons. The van der Waals surface area contributed by atoms with Gasteiger partial charge in [0.1, 0.15) is 18.5 Å². The van der Waals surface area contributed by atoms with Gasteiger partial charge in [0.05, 0.1) is 11.2 Å². The van der Waals surface area contributed by atoms with Crippen molar-refractivity contribution in [3.63, 3.8) is 0 Å². The van der Waals surface area contributed by atoms with Crippen molar-refractivity contribution >= 4 is 44.6 Å². The van der Waals surface area contributed by atoms with Gasteiger partial charge in [-0.15, -0.1) is 0 Å². The van der Waals surface area contributed by atoms with Gasteiger partial charge in [0.15, 0.2) is 29.0 Å². The molecule has 1 unspecified atom stereocenters. The summed E-state index contributed by atoms with van der Waals surface area (Å²) >= 11 is 0. The minimum absolute atomic E-state index is 0.0146. The van der Waals surface area contributed by atoms with Gasteiger partial charge in [-0.1, -0.05) is 0 Å². The summed E-state index contributed by atoms with van der Waals surface area (Å²) in [5.41, 5.74) is 0.916. The number of sulfonamides is 1. The van der Waals surface area contributed by atoms with Crippen LogP contribution in [-0.4, -0.2) is 76.1 Å². The Morgan fingerprint density at radius 3 is 2.50 bits per heavy atom. The van der Waals surface area contributed by atoms with Gasteiger partial charge in [-0.3, -0.25) is 14.7 Å². The van der Waals surface area contributed by atoms with Crippen LogP contribution in [0.3, 0.4) is 0 Å². The van der Waals surface area contributed by atoms with E-state index in [1.54, 1.807) is 4.57 Å². The third-order valence-corrected chi connectivity index (χ3v) is 7.77. The topological polar surface area (TPSA) is 199 Å². The Morgan fingerprint density at radius 1 is 1.12 bits per heavy atom. The number of likely N-dealkylation sites (N-methyl/N-ethyl adjacent to an activating group) is 1. The number of anilines is 2. The molecule has 1 aliphatic carbocycles. The number of fused-ring (bicyclic) bond motifs is 1. The Kier molecular flexibility index (Phi) is 7.45. The molecule has 1 saturated heterocycles. The number of imidazole rings is 1. The van der Waals surface area contributed by atoms with E-state index in [0.717, 1.165) is 12.8 Å². The summed E-state index contributed by atoms with van der Waals surface area (Å²) in [6, 6.07) is 5.12. The fraction of sp³-hybridized carbons (Fsp3) is 0.458. The summed E-state index contributed by atoms with van der Waals surface area (Å²) in [4.78, 5) is 37.8. The van der Waals surface area contributed by atoms with E-state index in [9.17, 15) is 23.1 Å². The molecule has 1 aliphatic heterocycles. The maximum absolute atomic E-state index is 12.7. The van der Waals surface area contributed by atoms with Gasteiger partial charge in [-0.05, 0) is 51.0 Å². The Morgan fingerprint density at radius 2 is 1.85 bits per heavy atom. The Bertz CT molecular complexity index is 1520. The maximum Gasteiger partial charge on any atom is 0.324 e. The molecule has 5 rings (SSSR count). The first-order chi connectivity index (χ1) is 18.9. The highest BCUT2D eigenvalue weighted by atomic mass is 32.2. The van der Waals surface area contributed by atoms with Gasteiger partial charge >= 0.3 is 6.03 Å². The quantitative estimate of drug-likeness (QED) is 0.230. The second-order valence-electron chi connectivity index (χ2n) is 10.0. The number of carbonyl (C=O) groups is 2. The molecule has 0 bridgehead atoms. The SMILES string of the molecule is CNC(=O)[C@@H]1CC(OC(C)(C)O)[C@H](n2cnc3c(NC(=O)Nc4ccc(S(=O)(=O)NC5CC5)cc4)ncnc32)O1. The Balaban J connectivity index is 1.31. The zero-order valence-corrected chi connectivity index (χ0v) is 22.8. The second-order valence-corrected chi connectivity index (χ2v) is 11.7. The number of nitrogens with zero attached hydrogens (tertiary/aromatic N) is 4. The maximum atomic E-state index is 12.7. The van der Waals surface area contributed by atoms with E-state index in [-0.39, 0.29) is 34.6 Å². The number of carbonyl (C=O) groups excluding carboxylic acids is 2. The van der Waals surface area contributed by atoms with Crippen LogP contribution in [0.25, 0.3) is 11.2 Å². The van der Waals surface area contributed by atoms with Crippen LogP contribution in [0.2, 0.25) is 0 Å². The first kappa shape index (κ1) is 27.9. The highest BCUT2D eigenvalue weighted by Crippen LogP contribution is 2.35. The summed E-state index contributed by atoms with van der Waals surface area (Å²) < 4.78 is 40.6. The fourth-order valence-electron chi connectivity index (χ4n) is 4.30.